The Kier molecular flexibility index (Phi) is 5.32. The Morgan fingerprint density at radius 1 is 0.468 bits per heavy atom. The summed E-state index contributed by atoms with van der Waals surface area (Å²) < 4.78 is 15.8. The molecule has 0 amide bonds. The predicted molar refractivity (Wildman–Crippen MR) is 191 cm³/mol. The number of fused-ring (bicyclic) bond motifs is 9. The first kappa shape index (κ1) is 25.7. The normalized spacial score (nSPS) is 11.8. The van der Waals surface area contributed by atoms with Crippen molar-refractivity contribution in [1.29, 1.82) is 5.26 Å². The number of benzene rings is 7. The Hall–Kier alpha value is -6.57. The van der Waals surface area contributed by atoms with E-state index >= 15 is 0 Å². The Bertz CT molecular complexity index is 2920. The fourth-order valence-electron chi connectivity index (χ4n) is 7.39. The first-order valence-electron chi connectivity index (χ1n) is 15.7. The SMILES string of the molecule is N#Cc1ccc2c3ccccc3n(-c3cccc4c3oc3c(-c5ccccc5)ccc(-c5cccc6c5oc5ccccc56)c34)c2c1. The maximum atomic E-state index is 9.81. The van der Waals surface area contributed by atoms with Crippen LogP contribution >= 0.6 is 0 Å². The van der Waals surface area contributed by atoms with Crippen molar-refractivity contribution in [2.24, 2.45) is 0 Å². The van der Waals surface area contributed by atoms with Crippen LogP contribution in [0.15, 0.2) is 154 Å². The molecule has 0 unspecified atom stereocenters. The minimum absolute atomic E-state index is 0.617. The molecule has 218 valence electrons. The summed E-state index contributed by atoms with van der Waals surface area (Å²) >= 11 is 0. The Morgan fingerprint density at radius 2 is 1.19 bits per heavy atom. The zero-order valence-corrected chi connectivity index (χ0v) is 25.1. The number of para-hydroxylation sites is 4. The molecule has 4 nitrogen and oxygen atoms in total. The Balaban J connectivity index is 1.35. The molecule has 0 fully saturated rings. The van der Waals surface area contributed by atoms with E-state index in [9.17, 15) is 5.26 Å². The fraction of sp³-hybridized carbons (Fsp3) is 0. The number of aromatic nitrogens is 1. The van der Waals surface area contributed by atoms with Crippen LogP contribution in [0.2, 0.25) is 0 Å². The van der Waals surface area contributed by atoms with Crippen molar-refractivity contribution < 1.29 is 8.83 Å². The number of hydrogen-bond acceptors (Lipinski definition) is 3. The fourth-order valence-corrected chi connectivity index (χ4v) is 7.39. The highest BCUT2D eigenvalue weighted by atomic mass is 16.3. The average molecular weight is 601 g/mol. The average Bonchev–Trinajstić information content (AvgIpc) is 3.81. The molecule has 0 aliphatic carbocycles. The smallest absolute Gasteiger partial charge is 0.159 e. The van der Waals surface area contributed by atoms with E-state index in [-0.39, 0.29) is 0 Å². The van der Waals surface area contributed by atoms with Gasteiger partial charge in [0.1, 0.15) is 16.7 Å². The molecule has 0 N–H and O–H groups in total. The van der Waals surface area contributed by atoms with Gasteiger partial charge >= 0.3 is 0 Å². The van der Waals surface area contributed by atoms with E-state index in [1.54, 1.807) is 0 Å². The molecule has 0 atom stereocenters. The van der Waals surface area contributed by atoms with E-state index in [1.165, 1.54) is 0 Å². The molecular formula is C43H24N2O2. The number of hydrogen-bond donors (Lipinski definition) is 0. The maximum Gasteiger partial charge on any atom is 0.159 e. The van der Waals surface area contributed by atoms with Crippen LogP contribution in [0.5, 0.6) is 0 Å². The highest BCUT2D eigenvalue weighted by molar-refractivity contribution is 6.21. The van der Waals surface area contributed by atoms with Crippen molar-refractivity contribution in [3.05, 3.63) is 151 Å². The van der Waals surface area contributed by atoms with Gasteiger partial charge in [-0.1, -0.05) is 109 Å². The minimum Gasteiger partial charge on any atom is -0.455 e. The van der Waals surface area contributed by atoms with Crippen molar-refractivity contribution in [2.75, 3.05) is 0 Å². The number of nitrogens with zero attached hydrogens (tertiary/aromatic N) is 2. The van der Waals surface area contributed by atoms with Crippen LogP contribution in [-0.4, -0.2) is 4.57 Å². The monoisotopic (exact) mass is 600 g/mol. The molecule has 10 aromatic rings. The maximum absolute atomic E-state index is 9.81. The molecule has 7 aromatic carbocycles. The lowest BCUT2D eigenvalue weighted by molar-refractivity contribution is 0.667. The quantitative estimate of drug-likeness (QED) is 0.203. The lowest BCUT2D eigenvalue weighted by Gasteiger charge is -2.09. The van der Waals surface area contributed by atoms with Crippen molar-refractivity contribution in [3.63, 3.8) is 0 Å². The predicted octanol–water partition coefficient (Wildman–Crippen LogP) is 11.8. The van der Waals surface area contributed by atoms with Crippen LogP contribution in [0.25, 0.3) is 93.6 Å². The minimum atomic E-state index is 0.617. The van der Waals surface area contributed by atoms with Crippen LogP contribution < -0.4 is 0 Å². The van der Waals surface area contributed by atoms with Gasteiger partial charge in [-0.05, 0) is 47.5 Å². The lowest BCUT2D eigenvalue weighted by Crippen LogP contribution is -1.94. The van der Waals surface area contributed by atoms with Gasteiger partial charge in [-0.3, -0.25) is 0 Å². The van der Waals surface area contributed by atoms with E-state index < -0.39 is 0 Å². The van der Waals surface area contributed by atoms with Crippen molar-refractivity contribution >= 4 is 65.7 Å². The highest BCUT2D eigenvalue weighted by Gasteiger charge is 2.23. The third-order valence-electron chi connectivity index (χ3n) is 9.45. The topological polar surface area (TPSA) is 55.0 Å². The molecular weight excluding hydrogens is 576 g/mol. The molecule has 0 saturated carbocycles. The molecule has 3 aromatic heterocycles. The van der Waals surface area contributed by atoms with Crippen LogP contribution in [0.1, 0.15) is 5.56 Å². The second kappa shape index (κ2) is 9.71. The molecule has 0 radical (unpaired) electrons. The standard InChI is InChI=1S/C43H24N2O2/c44-25-26-20-21-30-29-12-4-6-17-36(29)45(38(30)24-26)37-18-9-16-35-40-32(23-22-28(43(40)47-42(35)37)27-10-2-1-3-11-27)34-15-8-14-33-31-13-5-7-19-39(31)46-41(33)34/h1-24H. The number of nitriles is 1. The first-order chi connectivity index (χ1) is 23.3. The van der Waals surface area contributed by atoms with Crippen LogP contribution in [0.4, 0.5) is 0 Å². The highest BCUT2D eigenvalue weighted by Crippen LogP contribution is 2.46. The molecule has 0 bridgehead atoms. The van der Waals surface area contributed by atoms with Gasteiger partial charge in [-0.25, -0.2) is 0 Å². The first-order valence-corrected chi connectivity index (χ1v) is 15.7. The summed E-state index contributed by atoms with van der Waals surface area (Å²) in [5.41, 5.74) is 11.1. The van der Waals surface area contributed by atoms with Crippen LogP contribution in [0.3, 0.4) is 0 Å². The van der Waals surface area contributed by atoms with Gasteiger partial charge in [-0.15, -0.1) is 0 Å². The van der Waals surface area contributed by atoms with E-state index in [0.717, 1.165) is 93.6 Å². The van der Waals surface area contributed by atoms with Crippen molar-refractivity contribution in [1.82, 2.24) is 4.57 Å². The molecule has 4 heteroatoms. The van der Waals surface area contributed by atoms with Gasteiger partial charge < -0.3 is 13.4 Å². The largest absolute Gasteiger partial charge is 0.455 e. The summed E-state index contributed by atoms with van der Waals surface area (Å²) in [6.07, 6.45) is 0. The number of furan rings is 2. The molecule has 0 saturated heterocycles. The van der Waals surface area contributed by atoms with Crippen molar-refractivity contribution in [3.8, 4) is 34.0 Å². The molecule has 3 heterocycles. The van der Waals surface area contributed by atoms with E-state index in [1.807, 2.05) is 36.4 Å². The molecule has 0 spiro atoms. The zero-order valence-electron chi connectivity index (χ0n) is 25.1. The summed E-state index contributed by atoms with van der Waals surface area (Å²) in [5.74, 6) is 0. The summed E-state index contributed by atoms with van der Waals surface area (Å²) in [5, 5.41) is 16.3. The second-order valence-corrected chi connectivity index (χ2v) is 12.0. The van der Waals surface area contributed by atoms with E-state index in [4.69, 9.17) is 8.83 Å². The van der Waals surface area contributed by atoms with Gasteiger partial charge in [0.25, 0.3) is 0 Å². The molecule has 0 aliphatic rings. The van der Waals surface area contributed by atoms with E-state index in [0.29, 0.717) is 5.56 Å². The third-order valence-corrected chi connectivity index (χ3v) is 9.45. The third kappa shape index (κ3) is 3.63. The molecule has 10 rings (SSSR count). The zero-order chi connectivity index (χ0) is 31.1. The van der Waals surface area contributed by atoms with Crippen LogP contribution in [0, 0.1) is 11.3 Å². The number of rotatable bonds is 3. The molecule has 47 heavy (non-hydrogen) atoms. The van der Waals surface area contributed by atoms with Crippen molar-refractivity contribution in [2.45, 2.75) is 0 Å². The van der Waals surface area contributed by atoms with Gasteiger partial charge in [0.05, 0.1) is 28.4 Å². The summed E-state index contributed by atoms with van der Waals surface area (Å²) in [6, 6.07) is 52.3. The molecule has 0 aliphatic heterocycles. The summed E-state index contributed by atoms with van der Waals surface area (Å²) in [7, 11) is 0. The van der Waals surface area contributed by atoms with Crippen LogP contribution in [-0.2, 0) is 0 Å². The Labute approximate surface area is 268 Å². The van der Waals surface area contributed by atoms with Gasteiger partial charge in [-0.2, -0.15) is 5.26 Å². The second-order valence-electron chi connectivity index (χ2n) is 12.0. The summed E-state index contributed by atoms with van der Waals surface area (Å²) in [4.78, 5) is 0. The lowest BCUT2D eigenvalue weighted by atomic mass is 9.93. The summed E-state index contributed by atoms with van der Waals surface area (Å²) in [6.45, 7) is 0. The van der Waals surface area contributed by atoms with Gasteiger partial charge in [0.2, 0.25) is 0 Å². The van der Waals surface area contributed by atoms with E-state index in [2.05, 4.69) is 120 Å². The Morgan fingerprint density at radius 3 is 2.09 bits per heavy atom. The van der Waals surface area contributed by atoms with Gasteiger partial charge in [0, 0.05) is 43.4 Å². The van der Waals surface area contributed by atoms with Gasteiger partial charge in [0.15, 0.2) is 5.58 Å².